The summed E-state index contributed by atoms with van der Waals surface area (Å²) in [6.45, 7) is 2.66. The molecule has 4 nitrogen and oxygen atoms in total. The highest BCUT2D eigenvalue weighted by molar-refractivity contribution is 7.09. The van der Waals surface area contributed by atoms with E-state index in [1.54, 1.807) is 0 Å². The molecule has 0 saturated heterocycles. The molecule has 18 heavy (non-hydrogen) atoms. The Kier molecular flexibility index (Phi) is 4.28. The highest BCUT2D eigenvalue weighted by Gasteiger charge is 2.12. The summed E-state index contributed by atoms with van der Waals surface area (Å²) in [6, 6.07) is 8.12. The molecule has 0 saturated carbocycles. The number of nitrogens with zero attached hydrogens (tertiary/aromatic N) is 3. The van der Waals surface area contributed by atoms with Crippen LogP contribution in [0.4, 0.5) is 10.8 Å². The van der Waals surface area contributed by atoms with E-state index < -0.39 is 0 Å². The third-order valence-electron chi connectivity index (χ3n) is 2.79. The maximum Gasteiger partial charge on any atom is 0.209 e. The molecule has 96 valence electrons. The van der Waals surface area contributed by atoms with Gasteiger partial charge in [0.2, 0.25) is 5.13 Å². The molecule has 0 aliphatic rings. The van der Waals surface area contributed by atoms with Gasteiger partial charge in [-0.15, -0.1) is 0 Å². The van der Waals surface area contributed by atoms with Gasteiger partial charge in [-0.05, 0) is 18.1 Å². The lowest BCUT2D eigenvalue weighted by Crippen LogP contribution is -2.13. The molecule has 0 aliphatic carbocycles. The van der Waals surface area contributed by atoms with Gasteiger partial charge in [0.15, 0.2) is 0 Å². The number of hydrogen-bond acceptors (Lipinski definition) is 5. The molecule has 0 radical (unpaired) electrons. The molecule has 0 bridgehead atoms. The summed E-state index contributed by atoms with van der Waals surface area (Å²) in [5, 5.41) is 0.916. The zero-order valence-corrected chi connectivity index (χ0v) is 11.6. The van der Waals surface area contributed by atoms with E-state index in [1.165, 1.54) is 11.5 Å². The first kappa shape index (κ1) is 13.0. The minimum atomic E-state index is 0.529. The Bertz CT molecular complexity index is 509. The molecule has 0 amide bonds. The predicted molar refractivity (Wildman–Crippen MR) is 76.3 cm³/mol. The van der Waals surface area contributed by atoms with Crippen LogP contribution in [0, 0.1) is 0 Å². The topological polar surface area (TPSA) is 55.0 Å². The summed E-state index contributed by atoms with van der Waals surface area (Å²) in [5.74, 6) is 0.926. The van der Waals surface area contributed by atoms with Crippen LogP contribution in [-0.2, 0) is 13.0 Å². The summed E-state index contributed by atoms with van der Waals surface area (Å²) < 4.78 is 4.37. The van der Waals surface area contributed by atoms with E-state index in [4.69, 9.17) is 5.73 Å². The first-order chi connectivity index (χ1) is 8.76. The van der Waals surface area contributed by atoms with E-state index in [2.05, 4.69) is 27.2 Å². The van der Waals surface area contributed by atoms with Crippen LogP contribution in [0.2, 0.25) is 0 Å². The number of benzene rings is 1. The third kappa shape index (κ3) is 2.68. The van der Waals surface area contributed by atoms with Gasteiger partial charge >= 0.3 is 0 Å². The fourth-order valence-electron chi connectivity index (χ4n) is 1.82. The van der Waals surface area contributed by atoms with Gasteiger partial charge in [0.05, 0.1) is 0 Å². The Labute approximate surface area is 112 Å². The van der Waals surface area contributed by atoms with E-state index in [0.717, 1.165) is 35.0 Å². The van der Waals surface area contributed by atoms with E-state index in [9.17, 15) is 0 Å². The first-order valence-corrected chi connectivity index (χ1v) is 6.88. The first-order valence-electron chi connectivity index (χ1n) is 6.10. The lowest BCUT2D eigenvalue weighted by atomic mass is 10.1. The molecule has 0 atom stereocenters. The highest BCUT2D eigenvalue weighted by atomic mass is 32.1. The Balaban J connectivity index is 2.26. The molecule has 0 unspecified atom stereocenters. The summed E-state index contributed by atoms with van der Waals surface area (Å²) in [5.41, 5.74) is 7.97. The van der Waals surface area contributed by atoms with Crippen molar-refractivity contribution in [1.29, 1.82) is 0 Å². The maximum atomic E-state index is 5.76. The second kappa shape index (κ2) is 5.93. The molecular formula is C13H18N4S. The fourth-order valence-corrected chi connectivity index (χ4v) is 2.51. The van der Waals surface area contributed by atoms with Crippen LogP contribution < -0.4 is 10.6 Å². The minimum Gasteiger partial charge on any atom is -0.326 e. The van der Waals surface area contributed by atoms with Crippen molar-refractivity contribution in [2.75, 3.05) is 11.9 Å². The summed E-state index contributed by atoms with van der Waals surface area (Å²) in [7, 11) is 2.00. The third-order valence-corrected chi connectivity index (χ3v) is 3.62. The van der Waals surface area contributed by atoms with Crippen molar-refractivity contribution in [3.63, 3.8) is 0 Å². The highest BCUT2D eigenvalue weighted by Crippen LogP contribution is 2.28. The predicted octanol–water partition coefficient (Wildman–Crippen LogP) is 2.72. The smallest absolute Gasteiger partial charge is 0.209 e. The van der Waals surface area contributed by atoms with Crippen LogP contribution in [0.1, 0.15) is 24.7 Å². The standard InChI is InChI=1S/C13H18N4S/c1-3-6-12-15-13(18-16-12)17(2)11-8-5-4-7-10(11)9-14/h4-5,7-8H,3,6,9,14H2,1-2H3. The van der Waals surface area contributed by atoms with E-state index in [0.29, 0.717) is 6.54 Å². The van der Waals surface area contributed by atoms with Crippen LogP contribution in [0.25, 0.3) is 0 Å². The van der Waals surface area contributed by atoms with Gasteiger partial charge in [0, 0.05) is 37.2 Å². The molecule has 1 aromatic carbocycles. The van der Waals surface area contributed by atoms with Crippen molar-refractivity contribution in [2.24, 2.45) is 5.73 Å². The van der Waals surface area contributed by atoms with Crippen LogP contribution >= 0.6 is 11.5 Å². The average molecular weight is 262 g/mol. The molecular weight excluding hydrogens is 244 g/mol. The van der Waals surface area contributed by atoms with E-state index in [1.807, 2.05) is 25.2 Å². The van der Waals surface area contributed by atoms with Gasteiger partial charge in [-0.3, -0.25) is 0 Å². The average Bonchev–Trinajstić information content (AvgIpc) is 2.87. The number of hydrogen-bond donors (Lipinski definition) is 1. The van der Waals surface area contributed by atoms with Crippen molar-refractivity contribution >= 4 is 22.4 Å². The van der Waals surface area contributed by atoms with Crippen molar-refractivity contribution in [3.8, 4) is 0 Å². The molecule has 0 fully saturated rings. The lowest BCUT2D eigenvalue weighted by molar-refractivity contribution is 0.859. The molecule has 2 rings (SSSR count). The Morgan fingerprint density at radius 1 is 1.33 bits per heavy atom. The normalized spacial score (nSPS) is 10.6. The van der Waals surface area contributed by atoms with Crippen LogP contribution in [0.5, 0.6) is 0 Å². The molecule has 2 aromatic rings. The van der Waals surface area contributed by atoms with Crippen molar-refractivity contribution < 1.29 is 0 Å². The minimum absolute atomic E-state index is 0.529. The fraction of sp³-hybridized carbons (Fsp3) is 0.385. The number of para-hydroxylation sites is 1. The molecule has 2 N–H and O–H groups in total. The monoisotopic (exact) mass is 262 g/mol. The number of aryl methyl sites for hydroxylation is 1. The van der Waals surface area contributed by atoms with Crippen LogP contribution in [0.15, 0.2) is 24.3 Å². The second-order valence-corrected chi connectivity index (χ2v) is 4.87. The summed E-state index contributed by atoms with van der Waals surface area (Å²) in [6.07, 6.45) is 2.00. The van der Waals surface area contributed by atoms with Crippen LogP contribution in [0.3, 0.4) is 0 Å². The van der Waals surface area contributed by atoms with E-state index >= 15 is 0 Å². The lowest BCUT2D eigenvalue weighted by Gasteiger charge is -2.18. The second-order valence-electron chi connectivity index (χ2n) is 4.14. The number of anilines is 2. The molecule has 1 heterocycles. The zero-order chi connectivity index (χ0) is 13.0. The Morgan fingerprint density at radius 3 is 2.83 bits per heavy atom. The van der Waals surface area contributed by atoms with Gasteiger partial charge in [0.25, 0.3) is 0 Å². The maximum absolute atomic E-state index is 5.76. The van der Waals surface area contributed by atoms with Gasteiger partial charge in [-0.2, -0.15) is 4.37 Å². The summed E-state index contributed by atoms with van der Waals surface area (Å²) >= 11 is 1.44. The number of nitrogens with two attached hydrogens (primary N) is 1. The molecule has 0 spiro atoms. The number of rotatable bonds is 5. The molecule has 1 aromatic heterocycles. The summed E-state index contributed by atoms with van der Waals surface area (Å²) in [4.78, 5) is 6.60. The van der Waals surface area contributed by atoms with Gasteiger partial charge in [0.1, 0.15) is 5.82 Å². The largest absolute Gasteiger partial charge is 0.326 e. The van der Waals surface area contributed by atoms with E-state index in [-0.39, 0.29) is 0 Å². The SMILES string of the molecule is CCCc1nsc(N(C)c2ccccc2CN)n1. The molecule has 0 aliphatic heterocycles. The van der Waals surface area contributed by atoms with Gasteiger partial charge in [-0.25, -0.2) is 4.98 Å². The van der Waals surface area contributed by atoms with Gasteiger partial charge < -0.3 is 10.6 Å². The quantitative estimate of drug-likeness (QED) is 0.900. The zero-order valence-electron chi connectivity index (χ0n) is 10.8. The van der Waals surface area contributed by atoms with Crippen molar-refractivity contribution in [2.45, 2.75) is 26.3 Å². The molecule has 5 heteroatoms. The number of aromatic nitrogens is 2. The van der Waals surface area contributed by atoms with Crippen LogP contribution in [-0.4, -0.2) is 16.4 Å². The van der Waals surface area contributed by atoms with Gasteiger partial charge in [-0.1, -0.05) is 25.1 Å². The Morgan fingerprint density at radius 2 is 2.11 bits per heavy atom. The van der Waals surface area contributed by atoms with Crippen molar-refractivity contribution in [3.05, 3.63) is 35.7 Å². The van der Waals surface area contributed by atoms with Crippen molar-refractivity contribution in [1.82, 2.24) is 9.36 Å². The Hall–Kier alpha value is -1.46.